The molecule has 0 unspecified atom stereocenters. The number of amides is 6. The standard InChI is InChI=1S/C77H138N8O13S/c1-54(2)99-65-85-84-62(98-65)55-37-56(94-35-33-78-60(88)42-76(25,26)96-52-72(17,18)44-80-58(86)40-68(9,10)48-92-50-70(13,14)46-82-63(90)74(21,22)31-29-66(3,4)5)39-57(38-55)95-36-34-79-61(89)43-77(27,28)97-53-73(19,20)45-81-59(87)41-69(11,12)49-93-51-71(15,16)47-83-64(91)75(23,24)32-30-67(6,7)8/h37-39,54H,29-36,40-53H2,1-28H3,(H,78,88)(H,79,89)(H,80,86)(H,81,87)(H,82,90)(H,83,91). The van der Waals surface area contributed by atoms with Crippen LogP contribution >= 0.6 is 11.8 Å². The zero-order valence-electron chi connectivity index (χ0n) is 67.0. The number of thioether (sulfide) groups is 1. The van der Waals surface area contributed by atoms with Crippen LogP contribution in [0.15, 0.2) is 27.8 Å². The van der Waals surface area contributed by atoms with Gasteiger partial charge in [-0.15, -0.1) is 10.2 Å². The van der Waals surface area contributed by atoms with Crippen LogP contribution in [0.3, 0.4) is 0 Å². The number of hydrogen-bond acceptors (Lipinski definition) is 16. The quantitative estimate of drug-likeness (QED) is 0.0266. The maximum atomic E-state index is 13.3. The molecule has 570 valence electrons. The van der Waals surface area contributed by atoms with Crippen LogP contribution in [-0.2, 0) is 47.7 Å². The van der Waals surface area contributed by atoms with Crippen molar-refractivity contribution in [2.75, 3.05) is 92.1 Å². The fraction of sp³-hybridized carbons (Fsp3) is 0.818. The van der Waals surface area contributed by atoms with Gasteiger partial charge in [-0.1, -0.05) is 178 Å². The normalized spacial score (nSPS) is 13.5. The second-order valence-electron chi connectivity index (χ2n) is 37.7. The van der Waals surface area contributed by atoms with Crippen molar-refractivity contribution in [3.8, 4) is 23.0 Å². The maximum Gasteiger partial charge on any atom is 0.277 e. The maximum absolute atomic E-state index is 13.3. The summed E-state index contributed by atoms with van der Waals surface area (Å²) >= 11 is 1.44. The molecule has 2 rings (SSSR count). The molecule has 0 aliphatic heterocycles. The molecule has 1 aromatic carbocycles. The van der Waals surface area contributed by atoms with E-state index in [-0.39, 0.29) is 120 Å². The monoisotopic (exact) mass is 1420 g/mol. The largest absolute Gasteiger partial charge is 0.492 e. The van der Waals surface area contributed by atoms with E-state index < -0.39 is 43.7 Å². The minimum absolute atomic E-state index is 0.0455. The van der Waals surface area contributed by atoms with E-state index in [0.29, 0.717) is 88.1 Å². The molecule has 0 saturated heterocycles. The summed E-state index contributed by atoms with van der Waals surface area (Å²) in [6.45, 7) is 61.6. The molecule has 0 saturated carbocycles. The molecular formula is C77H138N8O13S. The van der Waals surface area contributed by atoms with Crippen molar-refractivity contribution in [1.82, 2.24) is 42.1 Å². The number of hydrogen-bond donors (Lipinski definition) is 6. The smallest absolute Gasteiger partial charge is 0.277 e. The number of aromatic nitrogens is 2. The Kier molecular flexibility index (Phi) is 34.5. The lowest BCUT2D eigenvalue weighted by molar-refractivity contribution is -0.131. The Balaban J connectivity index is 1.86. The highest BCUT2D eigenvalue weighted by molar-refractivity contribution is 7.99. The van der Waals surface area contributed by atoms with E-state index in [0.717, 1.165) is 25.7 Å². The number of carbonyl (C=O) groups is 6. The van der Waals surface area contributed by atoms with Gasteiger partial charge in [0.2, 0.25) is 41.3 Å². The highest BCUT2D eigenvalue weighted by Crippen LogP contribution is 2.35. The fourth-order valence-corrected chi connectivity index (χ4v) is 10.5. The summed E-state index contributed by atoms with van der Waals surface area (Å²) in [5.41, 5.74) is -3.98. The van der Waals surface area contributed by atoms with Crippen LogP contribution in [0.5, 0.6) is 11.5 Å². The van der Waals surface area contributed by atoms with Gasteiger partial charge in [-0.05, 0) is 87.2 Å². The van der Waals surface area contributed by atoms with Gasteiger partial charge >= 0.3 is 0 Å². The molecule has 0 atom stereocenters. The third-order valence-corrected chi connectivity index (χ3v) is 17.4. The molecule has 0 spiro atoms. The lowest BCUT2D eigenvalue weighted by Gasteiger charge is -2.33. The van der Waals surface area contributed by atoms with E-state index in [2.05, 4.69) is 111 Å². The Hall–Kier alpha value is -5.03. The van der Waals surface area contributed by atoms with Gasteiger partial charge < -0.3 is 64.7 Å². The average molecular weight is 1420 g/mol. The average Bonchev–Trinajstić information content (AvgIpc) is 1.78. The number of rotatable bonds is 47. The Labute approximate surface area is 602 Å². The molecular weight excluding hydrogens is 1280 g/mol. The summed E-state index contributed by atoms with van der Waals surface area (Å²) in [5.74, 6) is 0.624. The number of nitrogens with one attached hydrogen (secondary N) is 6. The molecule has 99 heavy (non-hydrogen) atoms. The summed E-state index contributed by atoms with van der Waals surface area (Å²) in [4.78, 5) is 79.2. The lowest BCUT2D eigenvalue weighted by atomic mass is 9.79. The van der Waals surface area contributed by atoms with Crippen molar-refractivity contribution >= 4 is 47.2 Å². The molecule has 21 nitrogen and oxygen atoms in total. The highest BCUT2D eigenvalue weighted by Gasteiger charge is 2.36. The van der Waals surface area contributed by atoms with Gasteiger partial charge in [-0.25, -0.2) is 0 Å². The first-order chi connectivity index (χ1) is 44.9. The van der Waals surface area contributed by atoms with Crippen molar-refractivity contribution in [3.05, 3.63) is 18.2 Å². The van der Waals surface area contributed by atoms with Gasteiger partial charge in [-0.3, -0.25) is 28.8 Å². The van der Waals surface area contributed by atoms with Crippen molar-refractivity contribution in [2.24, 2.45) is 54.1 Å². The number of benzene rings is 1. The van der Waals surface area contributed by atoms with Crippen LogP contribution < -0.4 is 41.4 Å². The summed E-state index contributed by atoms with van der Waals surface area (Å²) in [6.07, 6.45) is 4.25. The summed E-state index contributed by atoms with van der Waals surface area (Å²) in [5, 5.41) is 27.4. The van der Waals surface area contributed by atoms with Crippen molar-refractivity contribution < 1.29 is 61.6 Å². The molecule has 1 aromatic heterocycles. The van der Waals surface area contributed by atoms with Gasteiger partial charge in [0, 0.05) is 88.4 Å². The van der Waals surface area contributed by atoms with Crippen molar-refractivity contribution in [3.63, 3.8) is 0 Å². The molecule has 1 heterocycles. The van der Waals surface area contributed by atoms with E-state index in [1.165, 1.54) is 11.8 Å². The van der Waals surface area contributed by atoms with Gasteiger partial charge in [0.15, 0.2) is 0 Å². The second kappa shape index (κ2) is 37.9. The third kappa shape index (κ3) is 40.4. The highest BCUT2D eigenvalue weighted by atomic mass is 32.2. The first kappa shape index (κ1) is 90.1. The molecule has 0 aliphatic carbocycles. The van der Waals surface area contributed by atoms with Crippen LogP contribution in [0.25, 0.3) is 11.5 Å². The van der Waals surface area contributed by atoms with E-state index >= 15 is 0 Å². The van der Waals surface area contributed by atoms with E-state index in [9.17, 15) is 28.8 Å². The Morgan fingerprint density at radius 3 is 1.10 bits per heavy atom. The number of carbonyl (C=O) groups excluding carboxylic acids is 6. The lowest BCUT2D eigenvalue weighted by Crippen LogP contribution is -2.43. The third-order valence-electron chi connectivity index (χ3n) is 16.6. The van der Waals surface area contributed by atoms with E-state index in [4.69, 9.17) is 32.8 Å². The predicted octanol–water partition coefficient (Wildman–Crippen LogP) is 13.7. The molecule has 0 radical (unpaired) electrons. The number of nitrogens with zero attached hydrogens (tertiary/aromatic N) is 2. The minimum Gasteiger partial charge on any atom is -0.492 e. The zero-order valence-corrected chi connectivity index (χ0v) is 67.8. The Morgan fingerprint density at radius 1 is 0.414 bits per heavy atom. The van der Waals surface area contributed by atoms with Crippen molar-refractivity contribution in [2.45, 2.75) is 267 Å². The van der Waals surface area contributed by atoms with Crippen LogP contribution in [0.1, 0.15) is 245 Å². The summed E-state index contributed by atoms with van der Waals surface area (Å²) < 4.78 is 43.2. The molecule has 2 aromatic rings. The number of ether oxygens (including phenoxy) is 6. The van der Waals surface area contributed by atoms with E-state index in [1.807, 2.05) is 125 Å². The topological polar surface area (TPSA) is 269 Å². The fourth-order valence-electron chi connectivity index (χ4n) is 9.84. The predicted molar refractivity (Wildman–Crippen MR) is 398 cm³/mol. The van der Waals surface area contributed by atoms with Crippen LogP contribution in [0.4, 0.5) is 0 Å². The summed E-state index contributed by atoms with van der Waals surface area (Å²) in [7, 11) is 0. The van der Waals surface area contributed by atoms with Gasteiger partial charge in [0.1, 0.15) is 24.7 Å². The molecule has 0 aliphatic rings. The zero-order chi connectivity index (χ0) is 75.9. The SMILES string of the molecule is CC(C)Sc1nnc(-c2cc(OCCNC(=O)CC(C)(C)OCC(C)(C)CNC(=O)CC(C)(C)COCC(C)(C)CNC(=O)C(C)(C)CCC(C)(C)C)cc(OCCNC(=O)CC(C)(C)OCC(C)(C)CNC(=O)CC(C)(C)COCC(C)(C)CNC(=O)C(C)(C)CCC(C)(C)C)c2)o1. The molecule has 6 N–H and O–H groups in total. The second-order valence-corrected chi connectivity index (χ2v) is 39.2. The molecule has 22 heteroatoms. The molecule has 0 fully saturated rings. The van der Waals surface area contributed by atoms with Gasteiger partial charge in [0.25, 0.3) is 5.22 Å². The first-order valence-electron chi connectivity index (χ1n) is 35.9. The van der Waals surface area contributed by atoms with Crippen LogP contribution in [-0.4, -0.2) is 154 Å². The van der Waals surface area contributed by atoms with Crippen LogP contribution in [0.2, 0.25) is 0 Å². The van der Waals surface area contributed by atoms with Gasteiger partial charge in [0.05, 0.1) is 76.8 Å². The minimum atomic E-state index is -0.811. The van der Waals surface area contributed by atoms with Crippen molar-refractivity contribution in [1.29, 1.82) is 0 Å². The van der Waals surface area contributed by atoms with E-state index in [1.54, 1.807) is 18.2 Å². The first-order valence-corrected chi connectivity index (χ1v) is 36.8. The summed E-state index contributed by atoms with van der Waals surface area (Å²) in [6, 6.07) is 5.23. The Bertz CT molecular complexity index is 2700. The molecule has 0 bridgehead atoms. The van der Waals surface area contributed by atoms with Gasteiger partial charge in [-0.2, -0.15) is 0 Å². The Morgan fingerprint density at radius 2 is 0.747 bits per heavy atom. The molecule has 6 amide bonds. The van der Waals surface area contributed by atoms with Crippen LogP contribution in [0, 0.1) is 54.1 Å².